The maximum absolute atomic E-state index is 13.4. The molecule has 4 saturated carbocycles. The Balaban J connectivity index is 1.53. The van der Waals surface area contributed by atoms with Crippen molar-refractivity contribution in [1.82, 2.24) is 0 Å². The second-order valence-corrected chi connectivity index (χ2v) is 10.7. The van der Waals surface area contributed by atoms with Gasteiger partial charge in [0.1, 0.15) is 5.75 Å². The number of allylic oxidation sites excluding steroid dienone is 2. The molecule has 4 aliphatic rings. The Morgan fingerprint density at radius 3 is 2.19 bits per heavy atom. The van der Waals surface area contributed by atoms with Gasteiger partial charge >= 0.3 is 12.1 Å². The quantitative estimate of drug-likeness (QED) is 0.180. The zero-order chi connectivity index (χ0) is 25.5. The van der Waals surface area contributed by atoms with Crippen molar-refractivity contribution in [2.24, 2.45) is 17.8 Å². The Hall–Kier alpha value is -3.02. The van der Waals surface area contributed by atoms with Gasteiger partial charge in [-0.25, -0.2) is 4.79 Å². The molecule has 4 aliphatic carbocycles. The zero-order valence-corrected chi connectivity index (χ0v) is 20.6. The summed E-state index contributed by atoms with van der Waals surface area (Å²) in [5.74, 6) is 2.65. The largest absolute Gasteiger partial charge is 0.496 e. The van der Waals surface area contributed by atoms with Crippen LogP contribution in [0.5, 0.6) is 5.75 Å². The summed E-state index contributed by atoms with van der Waals surface area (Å²) in [4.78, 5) is 11.7. The number of carbonyl (C=O) groups excluding carboxylic acids is 1. The Labute approximate surface area is 210 Å². The first-order chi connectivity index (χ1) is 17.2. The van der Waals surface area contributed by atoms with Gasteiger partial charge in [-0.2, -0.15) is 13.2 Å². The van der Waals surface area contributed by atoms with Crippen molar-refractivity contribution in [1.29, 1.82) is 0 Å². The maximum Gasteiger partial charge on any atom is 0.416 e. The summed E-state index contributed by atoms with van der Waals surface area (Å²) < 4.78 is 50.6. The molecule has 4 bridgehead atoms. The van der Waals surface area contributed by atoms with Crippen LogP contribution in [0.25, 0.3) is 11.6 Å². The predicted octanol–water partition coefficient (Wildman–Crippen LogP) is 7.45. The van der Waals surface area contributed by atoms with Crippen LogP contribution >= 0.6 is 0 Å². The van der Waals surface area contributed by atoms with Crippen LogP contribution in [-0.2, 0) is 21.1 Å². The highest BCUT2D eigenvalue weighted by atomic mass is 19.4. The molecule has 0 aliphatic heterocycles. The van der Waals surface area contributed by atoms with Crippen molar-refractivity contribution in [3.8, 4) is 5.75 Å². The molecule has 0 aromatic heterocycles. The number of alkyl halides is 3. The summed E-state index contributed by atoms with van der Waals surface area (Å²) in [5.41, 5.74) is 2.29. The van der Waals surface area contributed by atoms with Crippen molar-refractivity contribution in [2.75, 3.05) is 14.2 Å². The molecule has 0 spiro atoms. The van der Waals surface area contributed by atoms with Gasteiger partial charge in [-0.15, -0.1) is 0 Å². The third kappa shape index (κ3) is 4.82. The topological polar surface area (TPSA) is 35.5 Å². The van der Waals surface area contributed by atoms with Gasteiger partial charge in [0.15, 0.2) is 0 Å². The van der Waals surface area contributed by atoms with Crippen LogP contribution in [0.15, 0.2) is 54.6 Å². The zero-order valence-electron chi connectivity index (χ0n) is 20.6. The highest BCUT2D eigenvalue weighted by molar-refractivity contribution is 5.92. The molecule has 0 amide bonds. The Kier molecular flexibility index (Phi) is 6.48. The first kappa shape index (κ1) is 24.7. The SMILES string of the molecule is COC(=O)/C=C\C(=C\c1ccc(C23CC4CC(CC(C4)C2)C3)c(OC)c1)c1cccc(C(F)(F)F)c1. The molecular weight excluding hydrogens is 465 g/mol. The minimum absolute atomic E-state index is 0.164. The Bertz CT molecular complexity index is 1170. The van der Waals surface area contributed by atoms with Crippen molar-refractivity contribution in [2.45, 2.75) is 50.1 Å². The highest BCUT2D eigenvalue weighted by Crippen LogP contribution is 2.61. The number of halogens is 3. The first-order valence-corrected chi connectivity index (χ1v) is 12.5. The number of benzene rings is 2. The van der Waals surface area contributed by atoms with Crippen molar-refractivity contribution in [3.05, 3.63) is 76.9 Å². The summed E-state index contributed by atoms with van der Waals surface area (Å²) in [6, 6.07) is 11.2. The molecule has 6 rings (SSSR count). The lowest BCUT2D eigenvalue weighted by Gasteiger charge is -2.57. The number of ether oxygens (including phenoxy) is 2. The average Bonchev–Trinajstić information content (AvgIpc) is 2.84. The van der Waals surface area contributed by atoms with Crippen LogP contribution in [0.3, 0.4) is 0 Å². The van der Waals surface area contributed by atoms with E-state index in [4.69, 9.17) is 4.74 Å². The summed E-state index contributed by atoms with van der Waals surface area (Å²) in [6.07, 6.45) is 7.72. The van der Waals surface area contributed by atoms with E-state index in [1.165, 1.54) is 69.4 Å². The molecule has 0 saturated heterocycles. The summed E-state index contributed by atoms with van der Waals surface area (Å²) in [6.45, 7) is 0. The average molecular weight is 497 g/mol. The second kappa shape index (κ2) is 9.45. The highest BCUT2D eigenvalue weighted by Gasteiger charge is 2.52. The Morgan fingerprint density at radius 1 is 0.944 bits per heavy atom. The summed E-state index contributed by atoms with van der Waals surface area (Å²) in [7, 11) is 2.94. The minimum Gasteiger partial charge on any atom is -0.496 e. The molecule has 0 atom stereocenters. The standard InChI is InChI=1S/C30H31F3O3/c1-35-27-14-19(6-8-26(27)29-16-20-10-21(17-29)12-22(11-20)18-29)13-24(7-9-28(34)36-2)23-4-3-5-25(15-23)30(31,32)33/h3-9,13-15,20-22H,10-12,16-18H2,1-2H3/b9-7-,24-13-. The van der Waals surface area contributed by atoms with E-state index in [0.717, 1.165) is 41.2 Å². The monoisotopic (exact) mass is 496 g/mol. The van der Waals surface area contributed by atoms with E-state index in [9.17, 15) is 18.0 Å². The van der Waals surface area contributed by atoms with Crippen LogP contribution in [0.2, 0.25) is 0 Å². The molecule has 6 heteroatoms. The third-order valence-electron chi connectivity index (χ3n) is 8.28. The number of esters is 1. The van der Waals surface area contributed by atoms with Crippen LogP contribution in [-0.4, -0.2) is 20.2 Å². The van der Waals surface area contributed by atoms with Crippen LogP contribution in [0, 0.1) is 17.8 Å². The molecule has 0 unspecified atom stereocenters. The van der Waals surface area contributed by atoms with Crippen LogP contribution in [0.4, 0.5) is 13.2 Å². The van der Waals surface area contributed by atoms with Crippen molar-refractivity contribution in [3.63, 3.8) is 0 Å². The van der Waals surface area contributed by atoms with E-state index in [-0.39, 0.29) is 5.41 Å². The van der Waals surface area contributed by atoms with E-state index in [1.54, 1.807) is 19.3 Å². The molecule has 0 N–H and O–H groups in total. The number of methoxy groups -OCH3 is 2. The Morgan fingerprint density at radius 2 is 1.61 bits per heavy atom. The number of carbonyl (C=O) groups is 1. The summed E-state index contributed by atoms with van der Waals surface area (Å²) in [5, 5.41) is 0. The lowest BCUT2D eigenvalue weighted by molar-refractivity contribution is -0.137. The smallest absolute Gasteiger partial charge is 0.416 e. The van der Waals surface area contributed by atoms with Gasteiger partial charge in [-0.05, 0) is 109 Å². The lowest BCUT2D eigenvalue weighted by atomic mass is 9.48. The normalized spacial score (nSPS) is 27.5. The van der Waals surface area contributed by atoms with E-state index >= 15 is 0 Å². The molecule has 4 fully saturated rings. The van der Waals surface area contributed by atoms with Gasteiger partial charge in [0, 0.05) is 11.6 Å². The fraction of sp³-hybridized carbons (Fsp3) is 0.433. The molecule has 3 nitrogen and oxygen atoms in total. The van der Waals surface area contributed by atoms with Crippen molar-refractivity contribution < 1.29 is 27.4 Å². The van der Waals surface area contributed by atoms with Gasteiger partial charge in [0.2, 0.25) is 0 Å². The van der Waals surface area contributed by atoms with Crippen LogP contribution in [0.1, 0.15) is 60.8 Å². The third-order valence-corrected chi connectivity index (χ3v) is 8.28. The number of hydrogen-bond acceptors (Lipinski definition) is 3. The first-order valence-electron chi connectivity index (χ1n) is 12.5. The van der Waals surface area contributed by atoms with Gasteiger partial charge in [-0.3, -0.25) is 0 Å². The van der Waals surface area contributed by atoms with E-state index in [1.807, 2.05) is 12.1 Å². The van der Waals surface area contributed by atoms with Crippen molar-refractivity contribution >= 4 is 17.6 Å². The fourth-order valence-corrected chi connectivity index (χ4v) is 7.18. The number of rotatable bonds is 6. The minimum atomic E-state index is -4.46. The van der Waals surface area contributed by atoms with Gasteiger partial charge in [-0.1, -0.05) is 24.3 Å². The van der Waals surface area contributed by atoms with Gasteiger partial charge in [0.05, 0.1) is 19.8 Å². The lowest BCUT2D eigenvalue weighted by Crippen LogP contribution is -2.48. The molecule has 2 aromatic carbocycles. The van der Waals surface area contributed by atoms with Gasteiger partial charge in [0.25, 0.3) is 0 Å². The summed E-state index contributed by atoms with van der Waals surface area (Å²) >= 11 is 0. The molecule has 2 aromatic rings. The molecule has 0 heterocycles. The molecule has 0 radical (unpaired) electrons. The fourth-order valence-electron chi connectivity index (χ4n) is 7.18. The molecule has 190 valence electrons. The molecule has 36 heavy (non-hydrogen) atoms. The molecular formula is C30H31F3O3. The maximum atomic E-state index is 13.4. The van der Waals surface area contributed by atoms with E-state index in [2.05, 4.69) is 10.8 Å². The second-order valence-electron chi connectivity index (χ2n) is 10.7. The van der Waals surface area contributed by atoms with E-state index < -0.39 is 17.7 Å². The number of hydrogen-bond donors (Lipinski definition) is 0. The predicted molar refractivity (Wildman–Crippen MR) is 133 cm³/mol. The van der Waals surface area contributed by atoms with Gasteiger partial charge < -0.3 is 9.47 Å². The van der Waals surface area contributed by atoms with Crippen LogP contribution < -0.4 is 4.74 Å². The van der Waals surface area contributed by atoms with E-state index in [0.29, 0.717) is 11.1 Å².